The average Bonchev–Trinajstić information content (AvgIpc) is 2.80. The first-order chi connectivity index (χ1) is 10.3. The van der Waals surface area contributed by atoms with E-state index in [1.165, 1.54) is 0 Å². The zero-order valence-corrected chi connectivity index (χ0v) is 14.5. The first kappa shape index (κ1) is 17.2. The zero-order chi connectivity index (χ0) is 16.3. The molecule has 122 valence electrons. The van der Waals surface area contributed by atoms with Gasteiger partial charge in [0.25, 0.3) is 5.91 Å². The van der Waals surface area contributed by atoms with E-state index in [2.05, 4.69) is 0 Å². The minimum absolute atomic E-state index is 0.0198. The lowest BCUT2D eigenvalue weighted by Crippen LogP contribution is -3.08. The smallest absolute Gasteiger partial charge is 0.277 e. The number of hydrogen-bond donors (Lipinski definition) is 1. The first-order valence-electron chi connectivity index (χ1n) is 7.28. The summed E-state index contributed by atoms with van der Waals surface area (Å²) in [6, 6.07) is 7.39. The molecule has 7 heteroatoms. The fraction of sp³-hybridized carbons (Fsp3) is 0.533. The van der Waals surface area contributed by atoms with Gasteiger partial charge in [-0.15, -0.1) is 0 Å². The fourth-order valence-electron chi connectivity index (χ4n) is 2.68. The molecule has 1 unspecified atom stereocenters. The molecule has 2 atom stereocenters. The molecule has 0 radical (unpaired) electrons. The summed E-state index contributed by atoms with van der Waals surface area (Å²) in [5, 5.41) is 0.694. The van der Waals surface area contributed by atoms with E-state index in [0.717, 1.165) is 17.0 Å². The Morgan fingerprint density at radius 3 is 2.55 bits per heavy atom. The minimum Gasteiger partial charge on any atom is -0.337 e. The predicted octanol–water partition coefficient (Wildman–Crippen LogP) is 0.000200. The van der Waals surface area contributed by atoms with Crippen molar-refractivity contribution >= 4 is 27.3 Å². The first-order valence-corrected chi connectivity index (χ1v) is 9.48. The van der Waals surface area contributed by atoms with Crippen molar-refractivity contribution < 1.29 is 18.1 Å². The number of amides is 1. The number of benzene rings is 1. The number of hydrogen-bond acceptors (Lipinski definition) is 3. The summed E-state index contributed by atoms with van der Waals surface area (Å²) in [7, 11) is 0.680. The molecule has 1 N–H and O–H groups in total. The maximum atomic E-state index is 12.3. The van der Waals surface area contributed by atoms with Crippen LogP contribution in [-0.2, 0) is 21.2 Å². The van der Waals surface area contributed by atoms with Crippen LogP contribution in [0.15, 0.2) is 24.3 Å². The second-order valence-electron chi connectivity index (χ2n) is 6.00. The van der Waals surface area contributed by atoms with Crippen molar-refractivity contribution in [3.8, 4) is 0 Å². The maximum absolute atomic E-state index is 12.3. The third-order valence-corrected chi connectivity index (χ3v) is 6.02. The highest BCUT2D eigenvalue weighted by Gasteiger charge is 2.33. The number of rotatable bonds is 5. The summed E-state index contributed by atoms with van der Waals surface area (Å²) in [6.07, 6.45) is 0.542. The van der Waals surface area contributed by atoms with Crippen molar-refractivity contribution in [2.45, 2.75) is 19.0 Å². The summed E-state index contributed by atoms with van der Waals surface area (Å²) in [5.74, 6) is 0.252. The summed E-state index contributed by atoms with van der Waals surface area (Å²) in [6.45, 7) is 1.06. The molecule has 1 aromatic rings. The van der Waals surface area contributed by atoms with Crippen LogP contribution in [0.2, 0.25) is 5.02 Å². The van der Waals surface area contributed by atoms with E-state index >= 15 is 0 Å². The summed E-state index contributed by atoms with van der Waals surface area (Å²) < 4.78 is 23.0. The largest absolute Gasteiger partial charge is 0.337 e. The Bertz CT molecular complexity index is 631. The third kappa shape index (κ3) is 4.69. The quantitative estimate of drug-likeness (QED) is 0.817. The van der Waals surface area contributed by atoms with E-state index in [0.29, 0.717) is 18.0 Å². The van der Waals surface area contributed by atoms with Crippen LogP contribution in [0.25, 0.3) is 0 Å². The number of likely N-dealkylation sites (N-methyl/N-ethyl adjacent to an activating group) is 2. The molecule has 1 aliphatic heterocycles. The summed E-state index contributed by atoms with van der Waals surface area (Å²) in [5.41, 5.74) is 1.11. The van der Waals surface area contributed by atoms with Crippen molar-refractivity contribution in [1.82, 2.24) is 4.90 Å². The Balaban J connectivity index is 1.87. The molecule has 5 nitrogen and oxygen atoms in total. The molecule has 0 aliphatic carbocycles. The van der Waals surface area contributed by atoms with Gasteiger partial charge < -0.3 is 9.80 Å². The Labute approximate surface area is 136 Å². The van der Waals surface area contributed by atoms with Gasteiger partial charge in [0.15, 0.2) is 16.4 Å². The van der Waals surface area contributed by atoms with Gasteiger partial charge in [0.05, 0.1) is 18.6 Å². The molecule has 1 aliphatic rings. The lowest BCUT2D eigenvalue weighted by molar-refractivity contribution is -0.885. The monoisotopic (exact) mass is 345 g/mol. The number of nitrogens with zero attached hydrogens (tertiary/aromatic N) is 1. The van der Waals surface area contributed by atoms with Crippen LogP contribution in [0.3, 0.4) is 0 Å². The van der Waals surface area contributed by atoms with Crippen molar-refractivity contribution in [2.24, 2.45) is 0 Å². The maximum Gasteiger partial charge on any atom is 0.277 e. The lowest BCUT2D eigenvalue weighted by atomic mass is 10.2. The molecule has 0 spiro atoms. The molecule has 1 aromatic carbocycles. The van der Waals surface area contributed by atoms with Gasteiger partial charge in [0.2, 0.25) is 0 Å². The molecule has 1 amide bonds. The topological polar surface area (TPSA) is 58.9 Å². The molecule has 0 aromatic heterocycles. The van der Waals surface area contributed by atoms with E-state index < -0.39 is 9.84 Å². The van der Waals surface area contributed by atoms with Gasteiger partial charge in [-0.25, -0.2) is 8.42 Å². The van der Waals surface area contributed by atoms with Crippen LogP contribution in [0.5, 0.6) is 0 Å². The highest BCUT2D eigenvalue weighted by Crippen LogP contribution is 2.16. The Kier molecular flexibility index (Phi) is 5.47. The van der Waals surface area contributed by atoms with Crippen LogP contribution in [0, 0.1) is 0 Å². The van der Waals surface area contributed by atoms with Gasteiger partial charge in [-0.2, -0.15) is 0 Å². The van der Waals surface area contributed by atoms with Crippen LogP contribution in [0.4, 0.5) is 0 Å². The van der Waals surface area contributed by atoms with Crippen molar-refractivity contribution in [3.63, 3.8) is 0 Å². The average molecular weight is 346 g/mol. The van der Waals surface area contributed by atoms with Gasteiger partial charge in [0, 0.05) is 23.7 Å². The summed E-state index contributed by atoms with van der Waals surface area (Å²) >= 11 is 5.85. The zero-order valence-electron chi connectivity index (χ0n) is 12.9. The minimum atomic E-state index is -2.97. The van der Waals surface area contributed by atoms with E-state index in [4.69, 9.17) is 11.6 Å². The summed E-state index contributed by atoms with van der Waals surface area (Å²) in [4.78, 5) is 14.9. The van der Waals surface area contributed by atoms with Crippen molar-refractivity contribution in [3.05, 3.63) is 34.9 Å². The number of sulfone groups is 1. The normalized spacial score (nSPS) is 21.5. The highest BCUT2D eigenvalue weighted by atomic mass is 35.5. The SMILES string of the molecule is CN(C(=O)C[NH+](C)Cc1ccc(Cl)cc1)[C@@H]1CCS(=O)(=O)C1. The van der Waals surface area contributed by atoms with Crippen LogP contribution in [0.1, 0.15) is 12.0 Å². The number of carbonyl (C=O) groups excluding carboxylic acids is 1. The standard InChI is InChI=1S/C15H21ClN2O3S/c1-17(9-12-3-5-13(16)6-4-12)10-15(19)18(2)14-7-8-22(20,21)11-14/h3-6,14H,7-11H2,1-2H3/p+1/t14-/m1/s1. The third-order valence-electron chi connectivity index (χ3n) is 4.02. The second-order valence-corrected chi connectivity index (χ2v) is 8.66. The number of nitrogens with one attached hydrogen (secondary N) is 1. The molecule has 0 bridgehead atoms. The van der Waals surface area contributed by atoms with Crippen LogP contribution in [-0.4, -0.2) is 57.4 Å². The van der Waals surface area contributed by atoms with Gasteiger partial charge in [0.1, 0.15) is 6.54 Å². The molecule has 0 saturated carbocycles. The molecular formula is C15H22ClN2O3S+. The van der Waals surface area contributed by atoms with Crippen molar-refractivity contribution in [1.29, 1.82) is 0 Å². The van der Waals surface area contributed by atoms with Gasteiger partial charge in [-0.3, -0.25) is 4.79 Å². The van der Waals surface area contributed by atoms with Crippen LogP contribution >= 0.6 is 11.6 Å². The Morgan fingerprint density at radius 1 is 1.36 bits per heavy atom. The van der Waals surface area contributed by atoms with Gasteiger partial charge >= 0.3 is 0 Å². The fourth-order valence-corrected chi connectivity index (χ4v) is 4.58. The molecule has 1 fully saturated rings. The molecule has 2 rings (SSSR count). The molecule has 1 saturated heterocycles. The lowest BCUT2D eigenvalue weighted by Gasteiger charge is -2.24. The Hall–Kier alpha value is -1.11. The van der Waals surface area contributed by atoms with E-state index in [9.17, 15) is 13.2 Å². The second kappa shape index (κ2) is 6.98. The molecular weight excluding hydrogens is 324 g/mol. The van der Waals surface area contributed by atoms with Gasteiger partial charge in [-0.1, -0.05) is 23.7 Å². The number of halogens is 1. The molecule has 22 heavy (non-hydrogen) atoms. The van der Waals surface area contributed by atoms with Crippen molar-refractivity contribution in [2.75, 3.05) is 32.1 Å². The predicted molar refractivity (Wildman–Crippen MR) is 86.7 cm³/mol. The van der Waals surface area contributed by atoms with Gasteiger partial charge in [-0.05, 0) is 18.6 Å². The van der Waals surface area contributed by atoms with E-state index in [-0.39, 0.29) is 23.5 Å². The number of quaternary nitrogens is 1. The van der Waals surface area contributed by atoms with E-state index in [1.807, 2.05) is 31.3 Å². The Morgan fingerprint density at radius 2 is 2.00 bits per heavy atom. The van der Waals surface area contributed by atoms with Crippen LogP contribution < -0.4 is 4.90 Å². The molecule has 1 heterocycles. The highest BCUT2D eigenvalue weighted by molar-refractivity contribution is 7.91. The number of carbonyl (C=O) groups is 1. The van der Waals surface area contributed by atoms with E-state index in [1.54, 1.807) is 11.9 Å².